The van der Waals surface area contributed by atoms with Gasteiger partial charge < -0.3 is 9.80 Å². The minimum Gasteiger partial charge on any atom is -0.340 e. The fourth-order valence-corrected chi connectivity index (χ4v) is 1.52. The summed E-state index contributed by atoms with van der Waals surface area (Å²) in [6.45, 7) is 0.816. The molecule has 0 atom stereocenters. The van der Waals surface area contributed by atoms with Crippen molar-refractivity contribution in [2.45, 2.75) is 0 Å². The monoisotopic (exact) mass is 287 g/mol. The van der Waals surface area contributed by atoms with Gasteiger partial charge in [-0.1, -0.05) is 0 Å². The molecule has 0 saturated heterocycles. The van der Waals surface area contributed by atoms with Crippen LogP contribution in [0, 0.1) is 21.7 Å². The van der Waals surface area contributed by atoms with Crippen LogP contribution in [0.3, 0.4) is 0 Å². The van der Waals surface area contributed by atoms with E-state index in [9.17, 15) is 23.7 Å². The number of nitrogens with zero attached hydrogens (tertiary/aromatic N) is 3. The number of nitro groups is 1. The van der Waals surface area contributed by atoms with Gasteiger partial charge in [0.15, 0.2) is 0 Å². The van der Waals surface area contributed by atoms with Gasteiger partial charge >= 0.3 is 5.69 Å². The van der Waals surface area contributed by atoms with Crippen LogP contribution in [0.1, 0.15) is 10.4 Å². The van der Waals surface area contributed by atoms with Crippen molar-refractivity contribution < 1.29 is 18.5 Å². The summed E-state index contributed by atoms with van der Waals surface area (Å²) in [7, 11) is 5.01. The van der Waals surface area contributed by atoms with Gasteiger partial charge in [0.25, 0.3) is 5.91 Å². The van der Waals surface area contributed by atoms with Crippen LogP contribution in [0.4, 0.5) is 14.5 Å². The topological polar surface area (TPSA) is 66.7 Å². The van der Waals surface area contributed by atoms with Crippen LogP contribution < -0.4 is 0 Å². The predicted octanol–water partition coefficient (Wildman–Crippen LogP) is 1.51. The molecule has 20 heavy (non-hydrogen) atoms. The molecule has 1 aromatic carbocycles. The van der Waals surface area contributed by atoms with Gasteiger partial charge in [-0.15, -0.1) is 0 Å². The summed E-state index contributed by atoms with van der Waals surface area (Å²) in [6.07, 6.45) is 0. The SMILES string of the molecule is CN(C)CCN(C)C(=O)c1cc(F)cc([N+](=O)[O-])c1F. The standard InChI is InChI=1S/C12H15F2N3O3/c1-15(2)4-5-16(3)12(18)9-6-8(13)7-10(11(9)14)17(19)20/h6-7H,4-5H2,1-3H3. The van der Waals surface area contributed by atoms with Gasteiger partial charge in [-0.2, -0.15) is 4.39 Å². The first-order valence-electron chi connectivity index (χ1n) is 5.77. The molecule has 0 saturated carbocycles. The molecule has 0 aliphatic carbocycles. The largest absolute Gasteiger partial charge is 0.340 e. The third-order valence-electron chi connectivity index (χ3n) is 2.67. The second-order valence-electron chi connectivity index (χ2n) is 4.57. The van der Waals surface area contributed by atoms with Gasteiger partial charge in [0.2, 0.25) is 5.82 Å². The highest BCUT2D eigenvalue weighted by atomic mass is 19.1. The molecule has 0 spiro atoms. The van der Waals surface area contributed by atoms with E-state index in [1.54, 1.807) is 14.1 Å². The average Bonchev–Trinajstić information content (AvgIpc) is 2.36. The molecule has 0 fully saturated rings. The fourth-order valence-electron chi connectivity index (χ4n) is 1.52. The van der Waals surface area contributed by atoms with Crippen molar-refractivity contribution in [3.8, 4) is 0 Å². The number of hydrogen-bond donors (Lipinski definition) is 0. The molecule has 0 unspecified atom stereocenters. The lowest BCUT2D eigenvalue weighted by molar-refractivity contribution is -0.387. The van der Waals surface area contributed by atoms with Crippen LogP contribution in [0.2, 0.25) is 0 Å². The number of carbonyl (C=O) groups is 1. The van der Waals surface area contributed by atoms with E-state index in [1.807, 2.05) is 4.90 Å². The molecule has 8 heteroatoms. The Hall–Kier alpha value is -2.09. The zero-order valence-electron chi connectivity index (χ0n) is 11.4. The van der Waals surface area contributed by atoms with E-state index in [0.29, 0.717) is 18.7 Å². The van der Waals surface area contributed by atoms with Gasteiger partial charge in [0, 0.05) is 20.1 Å². The van der Waals surface area contributed by atoms with Crippen molar-refractivity contribution in [1.29, 1.82) is 0 Å². The second-order valence-corrected chi connectivity index (χ2v) is 4.57. The van der Waals surface area contributed by atoms with Gasteiger partial charge in [0.1, 0.15) is 5.82 Å². The maximum Gasteiger partial charge on any atom is 0.308 e. The lowest BCUT2D eigenvalue weighted by Gasteiger charge is -2.19. The lowest BCUT2D eigenvalue weighted by atomic mass is 10.1. The molecule has 0 aliphatic heterocycles. The number of carbonyl (C=O) groups excluding carboxylic acids is 1. The number of halogens is 2. The maximum atomic E-state index is 13.8. The summed E-state index contributed by atoms with van der Waals surface area (Å²) in [6, 6.07) is 1.11. The summed E-state index contributed by atoms with van der Waals surface area (Å²) < 4.78 is 27.1. The van der Waals surface area contributed by atoms with Crippen molar-refractivity contribution in [2.24, 2.45) is 0 Å². The minimum absolute atomic E-state index is 0.287. The number of nitro benzene ring substituents is 1. The van der Waals surface area contributed by atoms with Gasteiger partial charge in [-0.3, -0.25) is 14.9 Å². The van der Waals surface area contributed by atoms with Crippen molar-refractivity contribution in [1.82, 2.24) is 9.80 Å². The zero-order valence-corrected chi connectivity index (χ0v) is 11.4. The van der Waals surface area contributed by atoms with Crippen LogP contribution in [0.15, 0.2) is 12.1 Å². The van der Waals surface area contributed by atoms with Crippen LogP contribution in [0.5, 0.6) is 0 Å². The first kappa shape index (κ1) is 16.0. The van der Waals surface area contributed by atoms with Gasteiger partial charge in [-0.25, -0.2) is 4.39 Å². The molecule has 0 aromatic heterocycles. The minimum atomic E-state index is -1.32. The molecule has 0 radical (unpaired) electrons. The average molecular weight is 287 g/mol. The van der Waals surface area contributed by atoms with Crippen LogP contribution in [-0.2, 0) is 0 Å². The molecular weight excluding hydrogens is 272 g/mol. The number of hydrogen-bond acceptors (Lipinski definition) is 4. The lowest BCUT2D eigenvalue weighted by Crippen LogP contribution is -2.34. The van der Waals surface area contributed by atoms with Crippen molar-refractivity contribution >= 4 is 11.6 Å². The van der Waals surface area contributed by atoms with E-state index in [4.69, 9.17) is 0 Å². The summed E-state index contributed by atoms with van der Waals surface area (Å²) in [5.74, 6) is -3.15. The molecule has 0 N–H and O–H groups in total. The smallest absolute Gasteiger partial charge is 0.308 e. The van der Waals surface area contributed by atoms with E-state index in [-0.39, 0.29) is 6.54 Å². The van der Waals surface area contributed by atoms with E-state index >= 15 is 0 Å². The molecule has 0 aliphatic rings. The quantitative estimate of drug-likeness (QED) is 0.608. The summed E-state index contributed by atoms with van der Waals surface area (Å²) in [5.41, 5.74) is -1.69. The fraction of sp³-hybridized carbons (Fsp3) is 0.417. The Morgan fingerprint density at radius 3 is 2.35 bits per heavy atom. The first-order valence-corrected chi connectivity index (χ1v) is 5.77. The van der Waals surface area contributed by atoms with E-state index in [1.165, 1.54) is 11.9 Å². The second kappa shape index (κ2) is 6.38. The molecule has 1 rings (SSSR count). The van der Waals surface area contributed by atoms with Crippen molar-refractivity contribution in [2.75, 3.05) is 34.2 Å². The van der Waals surface area contributed by atoms with Crippen molar-refractivity contribution in [3.63, 3.8) is 0 Å². The highest BCUT2D eigenvalue weighted by Gasteiger charge is 2.25. The molecule has 1 aromatic rings. The molecule has 110 valence electrons. The molecular formula is C12H15F2N3O3. The third kappa shape index (κ3) is 3.70. The number of rotatable bonds is 5. The van der Waals surface area contributed by atoms with E-state index < -0.39 is 33.7 Å². The van der Waals surface area contributed by atoms with Crippen LogP contribution in [-0.4, -0.2) is 54.9 Å². The Morgan fingerprint density at radius 1 is 1.25 bits per heavy atom. The third-order valence-corrected chi connectivity index (χ3v) is 2.67. The molecule has 1 amide bonds. The predicted molar refractivity (Wildman–Crippen MR) is 68.5 cm³/mol. The Kier molecular flexibility index (Phi) is 5.09. The van der Waals surface area contributed by atoms with Crippen molar-refractivity contribution in [3.05, 3.63) is 39.4 Å². The Balaban J connectivity index is 3.07. The number of amides is 1. The number of likely N-dealkylation sites (N-methyl/N-ethyl adjacent to an activating group) is 2. The Morgan fingerprint density at radius 2 is 1.85 bits per heavy atom. The first-order chi connectivity index (χ1) is 9.23. The summed E-state index contributed by atoms with van der Waals surface area (Å²) in [4.78, 5) is 24.5. The van der Waals surface area contributed by atoms with Gasteiger partial charge in [0.05, 0.1) is 16.6 Å². The Bertz CT molecular complexity index is 535. The van der Waals surface area contributed by atoms with Crippen LogP contribution in [0.25, 0.3) is 0 Å². The van der Waals surface area contributed by atoms with Gasteiger partial charge in [-0.05, 0) is 20.2 Å². The summed E-state index contributed by atoms with van der Waals surface area (Å²) >= 11 is 0. The normalized spacial score (nSPS) is 10.7. The molecule has 0 bridgehead atoms. The zero-order chi connectivity index (χ0) is 15.4. The highest BCUT2D eigenvalue weighted by molar-refractivity contribution is 5.95. The Labute approximate surface area is 114 Å². The maximum absolute atomic E-state index is 13.8. The molecule has 6 nitrogen and oxygen atoms in total. The summed E-state index contributed by atoms with van der Waals surface area (Å²) in [5, 5.41) is 10.6. The number of benzene rings is 1. The highest BCUT2D eigenvalue weighted by Crippen LogP contribution is 2.23. The van der Waals surface area contributed by atoms with E-state index in [2.05, 4.69) is 0 Å². The molecule has 0 heterocycles. The van der Waals surface area contributed by atoms with Crippen LogP contribution >= 0.6 is 0 Å². The van der Waals surface area contributed by atoms with E-state index in [0.717, 1.165) is 0 Å².